The monoisotopic (exact) mass is 478 g/mol. The minimum Gasteiger partial charge on any atom is -0.495 e. The Morgan fingerprint density at radius 2 is 2.03 bits per heavy atom. The van der Waals surface area contributed by atoms with Crippen LogP contribution in [0.3, 0.4) is 0 Å². The molecule has 0 amide bonds. The fourth-order valence-electron chi connectivity index (χ4n) is 3.40. The molecule has 2 aromatic rings. The summed E-state index contributed by atoms with van der Waals surface area (Å²) in [4.78, 5) is -0.0424. The van der Waals surface area contributed by atoms with Crippen molar-refractivity contribution in [3.63, 3.8) is 0 Å². The van der Waals surface area contributed by atoms with Gasteiger partial charge in [-0.05, 0) is 48.9 Å². The van der Waals surface area contributed by atoms with Crippen LogP contribution in [-0.4, -0.2) is 47.4 Å². The Bertz CT molecular complexity index is 1040. The van der Waals surface area contributed by atoms with Crippen molar-refractivity contribution >= 4 is 43.0 Å². The summed E-state index contributed by atoms with van der Waals surface area (Å²) in [7, 11) is -6.03. The third-order valence-electron chi connectivity index (χ3n) is 4.82. The molecule has 1 N–H and O–H groups in total. The van der Waals surface area contributed by atoms with Crippen LogP contribution in [-0.2, 0) is 20.0 Å². The van der Waals surface area contributed by atoms with Crippen molar-refractivity contribution in [1.82, 2.24) is 9.03 Å². The van der Waals surface area contributed by atoms with Gasteiger partial charge in [-0.25, -0.2) is 21.6 Å². The van der Waals surface area contributed by atoms with Crippen LogP contribution in [0.4, 0.5) is 0 Å². The number of thiophene rings is 1. The number of benzene rings is 1. The zero-order valence-corrected chi connectivity index (χ0v) is 19.1. The van der Waals surface area contributed by atoms with Crippen LogP contribution >= 0.6 is 22.9 Å². The number of rotatable bonds is 8. The maximum Gasteiger partial charge on any atom is 0.252 e. The molecule has 7 nitrogen and oxygen atoms in total. The summed E-state index contributed by atoms with van der Waals surface area (Å²) in [6.07, 6.45) is 2.79. The number of hydrogen-bond donors (Lipinski definition) is 1. The summed E-state index contributed by atoms with van der Waals surface area (Å²) in [6.45, 7) is 0.554. The van der Waals surface area contributed by atoms with E-state index in [-0.39, 0.29) is 28.3 Å². The minimum absolute atomic E-state index is 0.0424. The van der Waals surface area contributed by atoms with Crippen molar-refractivity contribution < 1.29 is 21.6 Å². The lowest BCUT2D eigenvalue weighted by Gasteiger charge is -2.34. The Morgan fingerprint density at radius 1 is 1.24 bits per heavy atom. The minimum atomic E-state index is -3.85. The molecule has 1 aromatic carbocycles. The second kappa shape index (κ2) is 9.32. The third-order valence-corrected chi connectivity index (χ3v) is 9.86. The van der Waals surface area contributed by atoms with E-state index in [9.17, 15) is 16.8 Å². The smallest absolute Gasteiger partial charge is 0.252 e. The molecule has 1 aliphatic rings. The highest BCUT2D eigenvalue weighted by Gasteiger charge is 2.34. The highest BCUT2D eigenvalue weighted by atomic mass is 35.5. The number of sulfonamides is 2. The first-order valence-corrected chi connectivity index (χ1v) is 13.3. The molecule has 160 valence electrons. The number of nitrogens with one attached hydrogen (secondary N) is 1. The van der Waals surface area contributed by atoms with Crippen LogP contribution in [0, 0.1) is 0 Å². The molecule has 0 aliphatic carbocycles. The van der Waals surface area contributed by atoms with Crippen LogP contribution in [0.1, 0.15) is 25.7 Å². The van der Waals surface area contributed by atoms with Gasteiger partial charge in [0.1, 0.15) is 14.9 Å². The molecule has 0 saturated carbocycles. The molecule has 2 heterocycles. The average Bonchev–Trinajstić information content (AvgIpc) is 3.24. The van der Waals surface area contributed by atoms with Crippen LogP contribution in [0.15, 0.2) is 44.8 Å². The van der Waals surface area contributed by atoms with Crippen molar-refractivity contribution in [3.8, 4) is 5.75 Å². The Hall–Kier alpha value is -1.17. The van der Waals surface area contributed by atoms with Crippen LogP contribution in [0.2, 0.25) is 5.02 Å². The molecule has 1 fully saturated rings. The van der Waals surface area contributed by atoms with Gasteiger partial charge in [-0.3, -0.25) is 0 Å². The fraction of sp³-hybridized carbons (Fsp3) is 0.444. The van der Waals surface area contributed by atoms with Crippen molar-refractivity contribution in [1.29, 1.82) is 0 Å². The van der Waals surface area contributed by atoms with Gasteiger partial charge in [0, 0.05) is 24.2 Å². The second-order valence-electron chi connectivity index (χ2n) is 6.68. The first-order valence-electron chi connectivity index (χ1n) is 9.14. The Labute approximate surface area is 180 Å². The Kier molecular flexibility index (Phi) is 7.23. The summed E-state index contributed by atoms with van der Waals surface area (Å²) in [5.74, 6) is 0.196. The second-order valence-corrected chi connectivity index (χ2v) is 11.9. The van der Waals surface area contributed by atoms with Crippen LogP contribution in [0.25, 0.3) is 0 Å². The molecule has 1 atom stereocenters. The van der Waals surface area contributed by atoms with Crippen molar-refractivity contribution in [2.24, 2.45) is 0 Å². The van der Waals surface area contributed by atoms with Gasteiger partial charge >= 0.3 is 0 Å². The highest BCUT2D eigenvalue weighted by Crippen LogP contribution is 2.30. The lowest BCUT2D eigenvalue weighted by Crippen LogP contribution is -2.44. The quantitative estimate of drug-likeness (QED) is 0.628. The fourth-order valence-corrected chi connectivity index (χ4v) is 7.72. The van der Waals surface area contributed by atoms with Gasteiger partial charge in [-0.15, -0.1) is 11.3 Å². The number of hydrogen-bond acceptors (Lipinski definition) is 6. The van der Waals surface area contributed by atoms with Gasteiger partial charge < -0.3 is 4.74 Å². The maximum absolute atomic E-state index is 12.9. The summed E-state index contributed by atoms with van der Waals surface area (Å²) < 4.78 is 60.7. The molecule has 0 spiro atoms. The molecule has 11 heteroatoms. The molecule has 1 aliphatic heterocycles. The standard InChI is InChI=1S/C18H23ClN2O5S3/c1-26-16-8-7-14(19)13-17(16)28(22,23)20-10-9-15-5-2-3-11-21(15)29(24,25)18-6-4-12-27-18/h4,6-8,12-13,15,20H,2-3,5,9-11H2,1H3. The van der Waals surface area contributed by atoms with Crippen molar-refractivity contribution in [2.75, 3.05) is 20.2 Å². The van der Waals surface area contributed by atoms with E-state index in [1.54, 1.807) is 23.6 Å². The molecular weight excluding hydrogens is 456 g/mol. The number of nitrogens with zero attached hydrogens (tertiary/aromatic N) is 1. The molecule has 3 rings (SSSR count). The first kappa shape index (κ1) is 22.5. The predicted molar refractivity (Wildman–Crippen MR) is 114 cm³/mol. The normalized spacial score (nSPS) is 18.6. The van der Waals surface area contributed by atoms with Crippen molar-refractivity contribution in [3.05, 3.63) is 40.7 Å². The molecule has 1 aromatic heterocycles. The largest absolute Gasteiger partial charge is 0.495 e. The number of halogens is 1. The molecule has 1 unspecified atom stereocenters. The zero-order valence-electron chi connectivity index (χ0n) is 15.9. The zero-order chi connectivity index (χ0) is 21.1. The van der Waals surface area contributed by atoms with E-state index in [0.717, 1.165) is 12.8 Å². The lowest BCUT2D eigenvalue weighted by atomic mass is 10.0. The lowest BCUT2D eigenvalue weighted by molar-refractivity contribution is 0.242. The van der Waals surface area contributed by atoms with E-state index in [2.05, 4.69) is 4.72 Å². The molecule has 29 heavy (non-hydrogen) atoms. The predicted octanol–water partition coefficient (Wildman–Crippen LogP) is 3.32. The van der Waals surface area contributed by atoms with Crippen molar-refractivity contribution in [2.45, 2.75) is 40.8 Å². The van der Waals surface area contributed by atoms with E-state index in [1.807, 2.05) is 0 Å². The average molecular weight is 479 g/mol. The van der Waals surface area contributed by atoms with Gasteiger partial charge in [0.25, 0.3) is 10.0 Å². The number of ether oxygens (including phenoxy) is 1. The van der Waals surface area contributed by atoms with E-state index >= 15 is 0 Å². The summed E-state index contributed by atoms with van der Waals surface area (Å²) in [6, 6.07) is 7.43. The molecule has 1 saturated heterocycles. The maximum atomic E-state index is 12.9. The van der Waals surface area contributed by atoms with Gasteiger partial charge in [-0.1, -0.05) is 24.1 Å². The van der Waals surface area contributed by atoms with E-state index in [0.29, 0.717) is 23.6 Å². The topological polar surface area (TPSA) is 92.8 Å². The summed E-state index contributed by atoms with van der Waals surface area (Å²) in [5, 5.41) is 2.02. The Balaban J connectivity index is 1.71. The highest BCUT2D eigenvalue weighted by molar-refractivity contribution is 7.91. The van der Waals surface area contributed by atoms with Crippen LogP contribution in [0.5, 0.6) is 5.75 Å². The third kappa shape index (κ3) is 5.12. The first-order chi connectivity index (χ1) is 13.8. The summed E-state index contributed by atoms with van der Waals surface area (Å²) in [5.41, 5.74) is 0. The van der Waals surface area contributed by atoms with Gasteiger partial charge in [0.15, 0.2) is 0 Å². The SMILES string of the molecule is COc1ccc(Cl)cc1S(=O)(=O)NCCC1CCCCN1S(=O)(=O)c1cccs1. The van der Waals surface area contributed by atoms with Gasteiger partial charge in [-0.2, -0.15) is 4.31 Å². The Morgan fingerprint density at radius 3 is 2.72 bits per heavy atom. The molecular formula is C18H23ClN2O5S3. The van der Waals surface area contributed by atoms with Crippen LogP contribution < -0.4 is 9.46 Å². The van der Waals surface area contributed by atoms with Gasteiger partial charge in [0.2, 0.25) is 10.0 Å². The van der Waals surface area contributed by atoms with E-state index in [1.165, 1.54) is 34.9 Å². The number of piperidine rings is 1. The van der Waals surface area contributed by atoms with E-state index in [4.69, 9.17) is 16.3 Å². The van der Waals surface area contributed by atoms with E-state index < -0.39 is 20.0 Å². The summed E-state index contributed by atoms with van der Waals surface area (Å²) >= 11 is 7.12. The number of methoxy groups -OCH3 is 1. The molecule has 0 radical (unpaired) electrons. The van der Waals surface area contributed by atoms with Gasteiger partial charge in [0.05, 0.1) is 7.11 Å². The molecule has 0 bridgehead atoms.